The van der Waals surface area contributed by atoms with Gasteiger partial charge in [-0.15, -0.1) is 0 Å². The van der Waals surface area contributed by atoms with E-state index in [4.69, 9.17) is 16.0 Å². The molecule has 14 heavy (non-hydrogen) atoms. The molecule has 0 spiro atoms. The van der Waals surface area contributed by atoms with E-state index in [2.05, 4.69) is 5.32 Å². The zero-order chi connectivity index (χ0) is 9.80. The average molecular weight is 208 g/mol. The van der Waals surface area contributed by atoms with E-state index >= 15 is 0 Å². The second-order valence-electron chi connectivity index (χ2n) is 3.00. The van der Waals surface area contributed by atoms with E-state index in [0.29, 0.717) is 0 Å². The molecular weight excluding hydrogens is 198 g/mol. The van der Waals surface area contributed by atoms with Crippen LogP contribution in [-0.4, -0.2) is 0 Å². The SMILES string of the molecule is Clc1cccc(NCc2ccoc2)c1. The lowest BCUT2D eigenvalue weighted by atomic mass is 10.3. The fourth-order valence-electron chi connectivity index (χ4n) is 1.20. The van der Waals surface area contributed by atoms with Gasteiger partial charge in [0.05, 0.1) is 12.5 Å². The molecule has 0 amide bonds. The maximum Gasteiger partial charge on any atom is 0.0952 e. The van der Waals surface area contributed by atoms with Gasteiger partial charge in [-0.05, 0) is 24.3 Å². The fourth-order valence-corrected chi connectivity index (χ4v) is 1.39. The predicted octanol–water partition coefficient (Wildman–Crippen LogP) is 3.55. The van der Waals surface area contributed by atoms with Gasteiger partial charge in [-0.3, -0.25) is 0 Å². The van der Waals surface area contributed by atoms with E-state index in [-0.39, 0.29) is 0 Å². The Labute approximate surface area is 87.5 Å². The monoisotopic (exact) mass is 207 g/mol. The highest BCUT2D eigenvalue weighted by Gasteiger charge is 1.95. The lowest BCUT2D eigenvalue weighted by molar-refractivity contribution is 0.564. The Kier molecular flexibility index (Phi) is 2.75. The molecular formula is C11H10ClNO. The van der Waals surface area contributed by atoms with Crippen LogP contribution in [0.5, 0.6) is 0 Å². The molecule has 0 saturated carbocycles. The molecule has 2 nitrogen and oxygen atoms in total. The minimum Gasteiger partial charge on any atom is -0.472 e. The third-order valence-corrected chi connectivity index (χ3v) is 2.14. The van der Waals surface area contributed by atoms with Crippen LogP contribution in [0, 0.1) is 0 Å². The number of nitrogens with one attached hydrogen (secondary N) is 1. The predicted molar refractivity (Wildman–Crippen MR) is 57.5 cm³/mol. The van der Waals surface area contributed by atoms with Crippen LogP contribution >= 0.6 is 11.6 Å². The van der Waals surface area contributed by atoms with Crippen LogP contribution in [0.15, 0.2) is 47.3 Å². The summed E-state index contributed by atoms with van der Waals surface area (Å²) in [6, 6.07) is 9.57. The highest BCUT2D eigenvalue weighted by molar-refractivity contribution is 6.30. The molecule has 1 N–H and O–H groups in total. The van der Waals surface area contributed by atoms with Crippen LogP contribution in [-0.2, 0) is 6.54 Å². The first-order valence-electron chi connectivity index (χ1n) is 4.35. The number of hydrogen-bond donors (Lipinski definition) is 1. The molecule has 0 atom stereocenters. The molecule has 0 bridgehead atoms. The van der Waals surface area contributed by atoms with Gasteiger partial charge in [-0.25, -0.2) is 0 Å². The highest BCUT2D eigenvalue weighted by Crippen LogP contribution is 2.15. The van der Waals surface area contributed by atoms with Crippen molar-refractivity contribution < 1.29 is 4.42 Å². The van der Waals surface area contributed by atoms with E-state index in [1.165, 1.54) is 0 Å². The number of halogens is 1. The number of hydrogen-bond acceptors (Lipinski definition) is 2. The Morgan fingerprint density at radius 2 is 2.21 bits per heavy atom. The molecule has 0 aliphatic carbocycles. The summed E-state index contributed by atoms with van der Waals surface area (Å²) in [5.41, 5.74) is 2.13. The fraction of sp³-hybridized carbons (Fsp3) is 0.0909. The summed E-state index contributed by atoms with van der Waals surface area (Å²) < 4.78 is 4.96. The highest BCUT2D eigenvalue weighted by atomic mass is 35.5. The third-order valence-electron chi connectivity index (χ3n) is 1.90. The first kappa shape index (κ1) is 9.16. The van der Waals surface area contributed by atoms with Crippen LogP contribution in [0.4, 0.5) is 5.69 Å². The molecule has 0 radical (unpaired) electrons. The molecule has 72 valence electrons. The van der Waals surface area contributed by atoms with Crippen molar-refractivity contribution in [1.29, 1.82) is 0 Å². The van der Waals surface area contributed by atoms with Crippen molar-refractivity contribution in [2.75, 3.05) is 5.32 Å². The average Bonchev–Trinajstić information content (AvgIpc) is 2.67. The Bertz CT molecular complexity index is 397. The molecule has 0 aliphatic rings. The van der Waals surface area contributed by atoms with Gasteiger partial charge < -0.3 is 9.73 Å². The van der Waals surface area contributed by atoms with Gasteiger partial charge in [-0.1, -0.05) is 17.7 Å². The van der Waals surface area contributed by atoms with Crippen LogP contribution in [0.3, 0.4) is 0 Å². The summed E-state index contributed by atoms with van der Waals surface area (Å²) in [4.78, 5) is 0. The molecule has 0 aliphatic heterocycles. The molecule has 3 heteroatoms. The van der Waals surface area contributed by atoms with Gasteiger partial charge in [0.25, 0.3) is 0 Å². The number of rotatable bonds is 3. The van der Waals surface area contributed by atoms with Crippen LogP contribution in [0.2, 0.25) is 5.02 Å². The number of anilines is 1. The second-order valence-corrected chi connectivity index (χ2v) is 3.43. The molecule has 1 aromatic carbocycles. The van der Waals surface area contributed by atoms with Crippen molar-refractivity contribution in [2.45, 2.75) is 6.54 Å². The van der Waals surface area contributed by atoms with Gasteiger partial charge in [0, 0.05) is 22.8 Å². The first-order chi connectivity index (χ1) is 6.84. The Morgan fingerprint density at radius 3 is 2.93 bits per heavy atom. The molecule has 0 saturated heterocycles. The Hall–Kier alpha value is -1.41. The summed E-state index contributed by atoms with van der Waals surface area (Å²) >= 11 is 5.85. The normalized spacial score (nSPS) is 10.1. The van der Waals surface area contributed by atoms with Gasteiger partial charge >= 0.3 is 0 Å². The zero-order valence-electron chi connectivity index (χ0n) is 7.53. The standard InChI is InChI=1S/C11H10ClNO/c12-10-2-1-3-11(6-10)13-7-9-4-5-14-8-9/h1-6,8,13H,7H2. The lowest BCUT2D eigenvalue weighted by Crippen LogP contribution is -1.97. The topological polar surface area (TPSA) is 25.2 Å². The molecule has 0 fully saturated rings. The van der Waals surface area contributed by atoms with E-state index in [0.717, 1.165) is 22.8 Å². The molecule has 2 aromatic rings. The van der Waals surface area contributed by atoms with E-state index in [1.54, 1.807) is 12.5 Å². The molecule has 2 rings (SSSR count). The van der Waals surface area contributed by atoms with Crippen LogP contribution in [0.25, 0.3) is 0 Å². The van der Waals surface area contributed by atoms with Crippen molar-refractivity contribution in [3.63, 3.8) is 0 Å². The van der Waals surface area contributed by atoms with Gasteiger partial charge in [0.2, 0.25) is 0 Å². The smallest absolute Gasteiger partial charge is 0.0952 e. The lowest BCUT2D eigenvalue weighted by Gasteiger charge is -2.04. The van der Waals surface area contributed by atoms with Crippen molar-refractivity contribution >= 4 is 17.3 Å². The maximum absolute atomic E-state index is 5.85. The van der Waals surface area contributed by atoms with E-state index in [9.17, 15) is 0 Å². The van der Waals surface area contributed by atoms with Crippen LogP contribution in [0.1, 0.15) is 5.56 Å². The van der Waals surface area contributed by atoms with Crippen molar-refractivity contribution in [2.24, 2.45) is 0 Å². The molecule has 1 aromatic heterocycles. The van der Waals surface area contributed by atoms with Crippen molar-refractivity contribution in [1.82, 2.24) is 0 Å². The van der Waals surface area contributed by atoms with Gasteiger partial charge in [0.15, 0.2) is 0 Å². The number of furan rings is 1. The quantitative estimate of drug-likeness (QED) is 0.833. The molecule has 1 heterocycles. The summed E-state index contributed by atoms with van der Waals surface area (Å²) in [7, 11) is 0. The van der Waals surface area contributed by atoms with Crippen molar-refractivity contribution in [3.8, 4) is 0 Å². The second kappa shape index (κ2) is 4.20. The maximum atomic E-state index is 5.85. The minimum absolute atomic E-state index is 0.738. The van der Waals surface area contributed by atoms with Crippen molar-refractivity contribution in [3.05, 3.63) is 53.4 Å². The number of benzene rings is 1. The summed E-state index contributed by atoms with van der Waals surface area (Å²) in [6.07, 6.45) is 3.38. The summed E-state index contributed by atoms with van der Waals surface area (Å²) in [5, 5.41) is 3.98. The minimum atomic E-state index is 0.738. The first-order valence-corrected chi connectivity index (χ1v) is 4.73. The Balaban J connectivity index is 1.98. The molecule has 0 unspecified atom stereocenters. The Morgan fingerprint density at radius 1 is 1.29 bits per heavy atom. The van der Waals surface area contributed by atoms with Crippen LogP contribution < -0.4 is 5.32 Å². The van der Waals surface area contributed by atoms with Gasteiger partial charge in [0.1, 0.15) is 0 Å². The van der Waals surface area contributed by atoms with E-state index in [1.807, 2.05) is 30.3 Å². The zero-order valence-corrected chi connectivity index (χ0v) is 8.29. The third kappa shape index (κ3) is 2.30. The summed E-state index contributed by atoms with van der Waals surface area (Å²) in [6.45, 7) is 0.747. The largest absolute Gasteiger partial charge is 0.472 e. The van der Waals surface area contributed by atoms with Gasteiger partial charge in [-0.2, -0.15) is 0 Å². The summed E-state index contributed by atoms with van der Waals surface area (Å²) in [5.74, 6) is 0. The van der Waals surface area contributed by atoms with E-state index < -0.39 is 0 Å².